The van der Waals surface area contributed by atoms with Crippen LogP contribution in [0.1, 0.15) is 12.0 Å². The van der Waals surface area contributed by atoms with Gasteiger partial charge in [0.2, 0.25) is 5.91 Å². The second-order valence-corrected chi connectivity index (χ2v) is 5.75. The third kappa shape index (κ3) is 2.83. The molecule has 2 aromatic carbocycles. The Balaban J connectivity index is 1.79. The molecular weight excluding hydrogens is 300 g/mol. The molecule has 1 N–H and O–H groups in total. The number of aryl methyl sites for hydroxylation is 1. The summed E-state index contributed by atoms with van der Waals surface area (Å²) in [5.74, 6) is -0.454. The summed E-state index contributed by atoms with van der Waals surface area (Å²) < 4.78 is 0. The molecule has 0 aromatic heterocycles. The van der Waals surface area contributed by atoms with Gasteiger partial charge in [-0.2, -0.15) is 0 Å². The number of nitrogens with zero attached hydrogens (tertiary/aromatic N) is 1. The fourth-order valence-electron chi connectivity index (χ4n) is 2.46. The molecule has 1 atom stereocenters. The Hall–Kier alpha value is -2.33. The van der Waals surface area contributed by atoms with E-state index in [1.165, 1.54) is 4.90 Å². The summed E-state index contributed by atoms with van der Waals surface area (Å²) in [6.07, 6.45) is 0.148. The van der Waals surface area contributed by atoms with Crippen LogP contribution in [-0.4, -0.2) is 17.9 Å². The summed E-state index contributed by atoms with van der Waals surface area (Å²) in [5, 5.41) is 3.69. The van der Waals surface area contributed by atoms with Crippen molar-refractivity contribution in [1.82, 2.24) is 0 Å². The largest absolute Gasteiger partial charge is 0.373 e. The Morgan fingerprint density at radius 1 is 1.05 bits per heavy atom. The van der Waals surface area contributed by atoms with Gasteiger partial charge in [-0.05, 0) is 43.3 Å². The molecule has 1 fully saturated rings. The van der Waals surface area contributed by atoms with Gasteiger partial charge in [-0.15, -0.1) is 0 Å². The topological polar surface area (TPSA) is 49.4 Å². The minimum atomic E-state index is -0.536. The Morgan fingerprint density at radius 2 is 1.68 bits per heavy atom. The first-order chi connectivity index (χ1) is 10.5. The molecule has 22 heavy (non-hydrogen) atoms. The van der Waals surface area contributed by atoms with Gasteiger partial charge in [0.25, 0.3) is 5.91 Å². The number of anilines is 2. The average Bonchev–Trinajstić information content (AvgIpc) is 2.77. The van der Waals surface area contributed by atoms with Gasteiger partial charge in [-0.3, -0.25) is 9.59 Å². The molecule has 2 aromatic rings. The first-order valence-corrected chi connectivity index (χ1v) is 7.38. The van der Waals surface area contributed by atoms with Crippen molar-refractivity contribution in [3.05, 3.63) is 59.1 Å². The molecule has 0 radical (unpaired) electrons. The predicted molar refractivity (Wildman–Crippen MR) is 87.2 cm³/mol. The molecule has 2 amide bonds. The summed E-state index contributed by atoms with van der Waals surface area (Å²) in [6.45, 7) is 2.00. The van der Waals surface area contributed by atoms with Crippen LogP contribution in [0.3, 0.4) is 0 Å². The smallest absolute Gasteiger partial charge is 0.256 e. The quantitative estimate of drug-likeness (QED) is 0.883. The van der Waals surface area contributed by atoms with Gasteiger partial charge in [0.1, 0.15) is 6.04 Å². The van der Waals surface area contributed by atoms with E-state index in [4.69, 9.17) is 11.6 Å². The number of rotatable bonds is 3. The molecule has 4 nitrogen and oxygen atoms in total. The molecule has 1 heterocycles. The lowest BCUT2D eigenvalue weighted by Crippen LogP contribution is -2.34. The molecule has 0 bridgehead atoms. The van der Waals surface area contributed by atoms with Crippen molar-refractivity contribution in [3.63, 3.8) is 0 Å². The van der Waals surface area contributed by atoms with Crippen LogP contribution >= 0.6 is 11.6 Å². The minimum absolute atomic E-state index is 0.148. The maximum atomic E-state index is 12.5. The van der Waals surface area contributed by atoms with Crippen LogP contribution in [0.25, 0.3) is 0 Å². The van der Waals surface area contributed by atoms with Gasteiger partial charge in [0, 0.05) is 10.7 Å². The van der Waals surface area contributed by atoms with Crippen molar-refractivity contribution in [3.8, 4) is 0 Å². The summed E-state index contributed by atoms with van der Waals surface area (Å²) in [7, 11) is 0. The van der Waals surface area contributed by atoms with Crippen molar-refractivity contribution in [2.24, 2.45) is 0 Å². The van der Waals surface area contributed by atoms with Crippen molar-refractivity contribution >= 4 is 34.8 Å². The molecule has 1 saturated heterocycles. The van der Waals surface area contributed by atoms with Gasteiger partial charge in [-0.1, -0.05) is 29.3 Å². The Morgan fingerprint density at radius 3 is 2.32 bits per heavy atom. The van der Waals surface area contributed by atoms with Crippen LogP contribution < -0.4 is 10.2 Å². The fraction of sp³-hybridized carbons (Fsp3) is 0.176. The van der Waals surface area contributed by atoms with E-state index in [-0.39, 0.29) is 18.2 Å². The first-order valence-electron chi connectivity index (χ1n) is 7.00. The zero-order valence-corrected chi connectivity index (χ0v) is 12.8. The standard InChI is InChI=1S/C17H15ClN2O2/c1-11-2-6-13(7-3-11)19-15-10-16(21)20(17(15)22)14-8-4-12(18)5-9-14/h2-9,15,19H,10H2,1H3/t15-/m1/s1. The van der Waals surface area contributed by atoms with E-state index in [0.717, 1.165) is 11.3 Å². The molecule has 0 saturated carbocycles. The summed E-state index contributed by atoms with van der Waals surface area (Å²) in [5.41, 5.74) is 2.52. The molecule has 112 valence electrons. The highest BCUT2D eigenvalue weighted by molar-refractivity contribution is 6.30. The van der Waals surface area contributed by atoms with Crippen molar-refractivity contribution in [1.29, 1.82) is 0 Å². The summed E-state index contributed by atoms with van der Waals surface area (Å²) in [6, 6.07) is 13.9. The van der Waals surface area contributed by atoms with E-state index in [1.54, 1.807) is 24.3 Å². The minimum Gasteiger partial charge on any atom is -0.373 e. The molecular formula is C17H15ClN2O2. The second-order valence-electron chi connectivity index (χ2n) is 5.31. The van der Waals surface area contributed by atoms with Crippen LogP contribution in [0, 0.1) is 6.92 Å². The summed E-state index contributed by atoms with van der Waals surface area (Å²) in [4.78, 5) is 25.8. The molecule has 3 rings (SSSR count). The molecule has 0 unspecified atom stereocenters. The van der Waals surface area contributed by atoms with Gasteiger partial charge in [0.15, 0.2) is 0 Å². The first kappa shape index (κ1) is 14.6. The van der Waals surface area contributed by atoms with Crippen LogP contribution in [0.5, 0.6) is 0 Å². The fourth-order valence-corrected chi connectivity index (χ4v) is 2.58. The van der Waals surface area contributed by atoms with Gasteiger partial charge in [0.05, 0.1) is 12.1 Å². The number of hydrogen-bond donors (Lipinski definition) is 1. The van der Waals surface area contributed by atoms with Crippen LogP contribution in [0.2, 0.25) is 5.02 Å². The predicted octanol–water partition coefficient (Wildman–Crippen LogP) is 3.39. The van der Waals surface area contributed by atoms with Crippen LogP contribution in [-0.2, 0) is 9.59 Å². The highest BCUT2D eigenvalue weighted by atomic mass is 35.5. The SMILES string of the molecule is Cc1ccc(N[C@@H]2CC(=O)N(c3ccc(Cl)cc3)C2=O)cc1. The monoisotopic (exact) mass is 314 g/mol. The third-order valence-electron chi connectivity index (χ3n) is 3.62. The number of benzene rings is 2. The van der Waals surface area contributed by atoms with Gasteiger partial charge >= 0.3 is 0 Å². The Bertz CT molecular complexity index is 710. The normalized spacial score (nSPS) is 17.9. The highest BCUT2D eigenvalue weighted by Gasteiger charge is 2.39. The number of hydrogen-bond acceptors (Lipinski definition) is 3. The number of nitrogens with one attached hydrogen (secondary N) is 1. The maximum absolute atomic E-state index is 12.5. The highest BCUT2D eigenvalue weighted by Crippen LogP contribution is 2.26. The van der Waals surface area contributed by atoms with Crippen LogP contribution in [0.15, 0.2) is 48.5 Å². The number of halogens is 1. The third-order valence-corrected chi connectivity index (χ3v) is 3.88. The lowest BCUT2D eigenvalue weighted by Gasteiger charge is -2.16. The molecule has 1 aliphatic rings. The number of imide groups is 1. The number of carbonyl (C=O) groups is 2. The van der Waals surface area contributed by atoms with Gasteiger partial charge in [-0.25, -0.2) is 4.90 Å². The van der Waals surface area contributed by atoms with E-state index in [1.807, 2.05) is 31.2 Å². The van der Waals surface area contributed by atoms with Gasteiger partial charge < -0.3 is 5.32 Å². The zero-order chi connectivity index (χ0) is 15.7. The lowest BCUT2D eigenvalue weighted by atomic mass is 10.2. The number of carbonyl (C=O) groups excluding carboxylic acids is 2. The van der Waals surface area contributed by atoms with E-state index < -0.39 is 6.04 Å². The zero-order valence-electron chi connectivity index (χ0n) is 12.0. The molecule has 1 aliphatic heterocycles. The summed E-state index contributed by atoms with van der Waals surface area (Å²) >= 11 is 5.84. The van der Waals surface area contributed by atoms with Crippen molar-refractivity contribution < 1.29 is 9.59 Å². The molecule has 5 heteroatoms. The number of amides is 2. The van der Waals surface area contributed by atoms with Crippen LogP contribution in [0.4, 0.5) is 11.4 Å². The lowest BCUT2D eigenvalue weighted by molar-refractivity contribution is -0.121. The Kier molecular flexibility index (Phi) is 3.86. The molecule has 0 spiro atoms. The van der Waals surface area contributed by atoms with E-state index in [0.29, 0.717) is 10.7 Å². The molecule has 0 aliphatic carbocycles. The van der Waals surface area contributed by atoms with Crippen molar-refractivity contribution in [2.45, 2.75) is 19.4 Å². The Labute approximate surface area is 133 Å². The van der Waals surface area contributed by atoms with E-state index in [2.05, 4.69) is 5.32 Å². The second kappa shape index (κ2) is 5.81. The van der Waals surface area contributed by atoms with E-state index in [9.17, 15) is 9.59 Å². The van der Waals surface area contributed by atoms with Crippen molar-refractivity contribution in [2.75, 3.05) is 10.2 Å². The average molecular weight is 315 g/mol. The maximum Gasteiger partial charge on any atom is 0.256 e. The van der Waals surface area contributed by atoms with E-state index >= 15 is 0 Å².